The standard InChI is InChI=1S/C31H32BrFN6O5/c1-3-4-8-25(40)34-14-13-26(41)35-19-6-5-7-21(16-19)38-29-28(30(43)39(31(38)44)20-10-11-20)24(17-27(42)37(29)2)36-23-12-9-18(32)15-22(23)33/h5-7,9,12,15-17,20,36H,3-4,8,10-11,13-14H2,1-2H3,(H,34,40)(H,35,41). The van der Waals surface area contributed by atoms with Crippen molar-refractivity contribution in [3.05, 3.63) is 90.0 Å². The molecule has 0 atom stereocenters. The maximum atomic E-state index is 14.8. The number of aryl methyl sites for hydroxylation is 1. The molecule has 1 aliphatic rings. The molecule has 0 unspecified atom stereocenters. The predicted octanol–water partition coefficient (Wildman–Crippen LogP) is 4.47. The van der Waals surface area contributed by atoms with E-state index in [2.05, 4.69) is 31.9 Å². The number of fused-ring (bicyclic) bond motifs is 1. The molecule has 3 N–H and O–H groups in total. The SMILES string of the molecule is CCCCC(=O)NCCC(=O)Nc1cccc(-n2c(=O)n(C3CC3)c(=O)c3c(Nc4ccc(Br)cc4F)cc(=O)n(C)c32)c1. The minimum Gasteiger partial charge on any atom is -0.356 e. The van der Waals surface area contributed by atoms with Crippen molar-refractivity contribution < 1.29 is 14.0 Å². The van der Waals surface area contributed by atoms with Crippen LogP contribution in [-0.4, -0.2) is 32.1 Å². The number of halogens is 2. The van der Waals surface area contributed by atoms with Crippen LogP contribution in [0.4, 0.5) is 21.5 Å². The Labute approximate surface area is 259 Å². The van der Waals surface area contributed by atoms with Gasteiger partial charge in [0, 0.05) is 48.7 Å². The highest BCUT2D eigenvalue weighted by Gasteiger charge is 2.31. The second-order valence-electron chi connectivity index (χ2n) is 10.7. The Morgan fingerprint density at radius 3 is 2.48 bits per heavy atom. The first-order valence-electron chi connectivity index (χ1n) is 14.4. The number of carbonyl (C=O) groups is 2. The van der Waals surface area contributed by atoms with E-state index in [1.807, 2.05) is 6.92 Å². The minimum atomic E-state index is -0.634. The molecule has 0 radical (unpaired) electrons. The predicted molar refractivity (Wildman–Crippen MR) is 170 cm³/mol. The summed E-state index contributed by atoms with van der Waals surface area (Å²) in [7, 11) is 1.45. The van der Waals surface area contributed by atoms with E-state index in [4.69, 9.17) is 0 Å². The Hall–Kier alpha value is -4.52. The highest BCUT2D eigenvalue weighted by molar-refractivity contribution is 9.10. The maximum Gasteiger partial charge on any atom is 0.337 e. The Kier molecular flexibility index (Phi) is 9.14. The van der Waals surface area contributed by atoms with Gasteiger partial charge in [-0.25, -0.2) is 13.8 Å². The number of nitrogens with zero attached hydrogens (tertiary/aromatic N) is 3. The average Bonchev–Trinajstić information content (AvgIpc) is 3.81. The van der Waals surface area contributed by atoms with Crippen LogP contribution in [0.2, 0.25) is 0 Å². The van der Waals surface area contributed by atoms with Crippen LogP contribution >= 0.6 is 15.9 Å². The summed E-state index contributed by atoms with van der Waals surface area (Å²) >= 11 is 3.22. The zero-order valence-electron chi connectivity index (χ0n) is 24.3. The lowest BCUT2D eigenvalue weighted by atomic mass is 10.2. The van der Waals surface area contributed by atoms with Gasteiger partial charge in [0.2, 0.25) is 11.8 Å². The Morgan fingerprint density at radius 1 is 1.00 bits per heavy atom. The summed E-state index contributed by atoms with van der Waals surface area (Å²) in [6.45, 7) is 2.17. The maximum absolute atomic E-state index is 14.8. The summed E-state index contributed by atoms with van der Waals surface area (Å²) in [4.78, 5) is 65.4. The van der Waals surface area contributed by atoms with E-state index in [9.17, 15) is 28.4 Å². The first-order chi connectivity index (χ1) is 21.1. The smallest absolute Gasteiger partial charge is 0.337 e. The third kappa shape index (κ3) is 6.52. The van der Waals surface area contributed by atoms with Crippen molar-refractivity contribution in [2.24, 2.45) is 7.05 Å². The highest BCUT2D eigenvalue weighted by atomic mass is 79.9. The second-order valence-corrected chi connectivity index (χ2v) is 11.6. The van der Waals surface area contributed by atoms with E-state index in [0.717, 1.165) is 12.8 Å². The van der Waals surface area contributed by atoms with Gasteiger partial charge in [-0.05, 0) is 55.7 Å². The molecule has 13 heteroatoms. The van der Waals surface area contributed by atoms with E-state index in [1.165, 1.54) is 38.9 Å². The topological polar surface area (TPSA) is 136 Å². The molecule has 2 heterocycles. The lowest BCUT2D eigenvalue weighted by Gasteiger charge is -2.19. The van der Waals surface area contributed by atoms with E-state index in [1.54, 1.807) is 30.3 Å². The number of hydrogen-bond acceptors (Lipinski definition) is 6. The number of aromatic nitrogens is 3. The van der Waals surface area contributed by atoms with Gasteiger partial charge in [0.1, 0.15) is 16.9 Å². The summed E-state index contributed by atoms with van der Waals surface area (Å²) in [5.41, 5.74) is -0.947. The van der Waals surface area contributed by atoms with Crippen molar-refractivity contribution in [3.63, 3.8) is 0 Å². The Balaban J connectivity index is 1.57. The number of carbonyl (C=O) groups excluding carboxylic acids is 2. The van der Waals surface area contributed by atoms with Crippen LogP contribution in [0.1, 0.15) is 51.5 Å². The lowest BCUT2D eigenvalue weighted by Crippen LogP contribution is -2.41. The third-order valence-electron chi connectivity index (χ3n) is 7.38. The van der Waals surface area contributed by atoms with Crippen LogP contribution < -0.4 is 32.8 Å². The fourth-order valence-electron chi connectivity index (χ4n) is 4.97. The number of pyridine rings is 1. The lowest BCUT2D eigenvalue weighted by molar-refractivity contribution is -0.121. The Bertz CT molecular complexity index is 1950. The van der Waals surface area contributed by atoms with Gasteiger partial charge in [0.25, 0.3) is 11.1 Å². The van der Waals surface area contributed by atoms with Crippen LogP contribution in [0.3, 0.4) is 0 Å². The van der Waals surface area contributed by atoms with Gasteiger partial charge in [0.05, 0.1) is 17.1 Å². The number of amides is 2. The van der Waals surface area contributed by atoms with Gasteiger partial charge in [-0.2, -0.15) is 0 Å². The minimum absolute atomic E-state index is 0.0164. The number of hydrogen-bond donors (Lipinski definition) is 3. The summed E-state index contributed by atoms with van der Waals surface area (Å²) in [5.74, 6) is -1.05. The quantitative estimate of drug-likeness (QED) is 0.216. The summed E-state index contributed by atoms with van der Waals surface area (Å²) in [5, 5.41) is 8.43. The van der Waals surface area contributed by atoms with Crippen LogP contribution in [0, 0.1) is 5.82 Å². The molecular weight excluding hydrogens is 635 g/mol. The first kappa shape index (κ1) is 30.9. The van der Waals surface area contributed by atoms with E-state index >= 15 is 0 Å². The fourth-order valence-corrected chi connectivity index (χ4v) is 5.31. The summed E-state index contributed by atoms with van der Waals surface area (Å²) in [6.07, 6.45) is 3.41. The molecule has 4 aromatic rings. The number of nitrogens with one attached hydrogen (secondary N) is 3. The number of rotatable bonds is 11. The van der Waals surface area contributed by atoms with Crippen molar-refractivity contribution in [2.75, 3.05) is 17.2 Å². The molecule has 1 fully saturated rings. The van der Waals surface area contributed by atoms with Gasteiger partial charge in [-0.1, -0.05) is 35.3 Å². The van der Waals surface area contributed by atoms with E-state index in [-0.39, 0.29) is 53.2 Å². The van der Waals surface area contributed by atoms with Crippen molar-refractivity contribution in [3.8, 4) is 5.69 Å². The zero-order chi connectivity index (χ0) is 31.5. The monoisotopic (exact) mass is 666 g/mol. The van der Waals surface area contributed by atoms with Gasteiger partial charge in [-0.3, -0.25) is 28.3 Å². The summed E-state index contributed by atoms with van der Waals surface area (Å²) in [6, 6.07) is 11.7. The molecule has 2 amide bonds. The molecule has 0 bridgehead atoms. The molecule has 230 valence electrons. The van der Waals surface area contributed by atoms with Crippen molar-refractivity contribution >= 4 is 55.8 Å². The molecular formula is C31H32BrFN6O5. The van der Waals surface area contributed by atoms with Crippen molar-refractivity contribution in [1.29, 1.82) is 0 Å². The number of benzene rings is 2. The van der Waals surface area contributed by atoms with Gasteiger partial charge >= 0.3 is 5.69 Å². The van der Waals surface area contributed by atoms with Crippen molar-refractivity contribution in [1.82, 2.24) is 19.0 Å². The van der Waals surface area contributed by atoms with Crippen LogP contribution in [0.15, 0.2) is 67.4 Å². The van der Waals surface area contributed by atoms with E-state index in [0.29, 0.717) is 35.1 Å². The van der Waals surface area contributed by atoms with Gasteiger partial charge in [0.15, 0.2) is 0 Å². The van der Waals surface area contributed by atoms with Crippen LogP contribution in [-0.2, 0) is 16.6 Å². The van der Waals surface area contributed by atoms with Gasteiger partial charge < -0.3 is 16.0 Å². The molecule has 1 aliphatic carbocycles. The highest BCUT2D eigenvalue weighted by Crippen LogP contribution is 2.34. The zero-order valence-corrected chi connectivity index (χ0v) is 25.9. The molecule has 1 saturated carbocycles. The number of unbranched alkanes of at least 4 members (excludes halogenated alkanes) is 1. The summed E-state index contributed by atoms with van der Waals surface area (Å²) < 4.78 is 18.9. The average molecular weight is 668 g/mol. The molecule has 0 aliphatic heterocycles. The molecule has 11 nitrogen and oxygen atoms in total. The Morgan fingerprint density at radius 2 is 1.77 bits per heavy atom. The largest absolute Gasteiger partial charge is 0.356 e. The molecule has 2 aromatic heterocycles. The van der Waals surface area contributed by atoms with E-state index < -0.39 is 22.6 Å². The van der Waals surface area contributed by atoms with Crippen molar-refractivity contribution in [2.45, 2.75) is 51.5 Å². The third-order valence-corrected chi connectivity index (χ3v) is 7.88. The van der Waals surface area contributed by atoms with Crippen LogP contribution in [0.25, 0.3) is 16.7 Å². The molecule has 44 heavy (non-hydrogen) atoms. The molecule has 2 aromatic carbocycles. The number of anilines is 3. The molecule has 0 saturated heterocycles. The van der Waals surface area contributed by atoms with Crippen LogP contribution in [0.5, 0.6) is 0 Å². The molecule has 0 spiro atoms. The fraction of sp³-hybridized carbons (Fsp3) is 0.323. The normalized spacial score (nSPS) is 12.7. The second kappa shape index (κ2) is 13.0. The first-order valence-corrected chi connectivity index (χ1v) is 15.2. The molecule has 5 rings (SSSR count). The van der Waals surface area contributed by atoms with Gasteiger partial charge in [-0.15, -0.1) is 0 Å².